The van der Waals surface area contributed by atoms with Crippen LogP contribution in [0, 0.1) is 0 Å². The molecule has 0 amide bonds. The zero-order valence-electron chi connectivity index (χ0n) is 41.3. The van der Waals surface area contributed by atoms with E-state index < -0.39 is 5.41 Å². The minimum absolute atomic E-state index is 0.526. The maximum absolute atomic E-state index is 2.47. The molecule has 2 heteroatoms. The molecule has 0 fully saturated rings. The molecule has 0 aliphatic heterocycles. The SMILES string of the molecule is c1ccc(-c2ccc(N(c3ccc4ccccc4c3)c3ccc(-c4ccc(N(c5ccc6c(c5)C(c5ccccc5)(c5ccccc5)c5ccccc5-6)c5cccc6ccccc56)cc4)c4ccccc34)cc2)cc1. The van der Waals surface area contributed by atoms with Crippen molar-refractivity contribution in [3.63, 3.8) is 0 Å². The van der Waals surface area contributed by atoms with Gasteiger partial charge in [0.1, 0.15) is 0 Å². The smallest absolute Gasteiger partial charge is 0.0714 e. The molecular weight excluding hydrogens is 905 g/mol. The summed E-state index contributed by atoms with van der Waals surface area (Å²) in [5, 5.41) is 7.18. The molecule has 2 nitrogen and oxygen atoms in total. The van der Waals surface area contributed by atoms with E-state index in [0.29, 0.717) is 0 Å². The van der Waals surface area contributed by atoms with Gasteiger partial charge in [-0.25, -0.2) is 0 Å². The molecule has 0 heterocycles. The van der Waals surface area contributed by atoms with Crippen LogP contribution in [-0.2, 0) is 5.41 Å². The van der Waals surface area contributed by atoms with Crippen molar-refractivity contribution < 1.29 is 0 Å². The van der Waals surface area contributed by atoms with E-state index >= 15 is 0 Å². The van der Waals surface area contributed by atoms with E-state index in [1.807, 2.05) is 0 Å². The van der Waals surface area contributed by atoms with Gasteiger partial charge in [0, 0.05) is 33.5 Å². The van der Waals surface area contributed by atoms with Crippen molar-refractivity contribution in [1.29, 1.82) is 0 Å². The quantitative estimate of drug-likeness (QED) is 0.135. The van der Waals surface area contributed by atoms with Gasteiger partial charge in [0.05, 0.1) is 16.8 Å². The lowest BCUT2D eigenvalue weighted by Gasteiger charge is -2.35. The zero-order valence-corrected chi connectivity index (χ0v) is 41.3. The Morgan fingerprint density at radius 1 is 0.227 bits per heavy atom. The van der Waals surface area contributed by atoms with Crippen LogP contribution in [0.2, 0.25) is 0 Å². The molecule has 0 saturated heterocycles. The van der Waals surface area contributed by atoms with Gasteiger partial charge in [0.2, 0.25) is 0 Å². The van der Waals surface area contributed by atoms with Crippen LogP contribution >= 0.6 is 0 Å². The fraction of sp³-hybridized carbons (Fsp3) is 0.0137. The lowest BCUT2D eigenvalue weighted by Crippen LogP contribution is -2.28. The van der Waals surface area contributed by atoms with Gasteiger partial charge in [-0.1, -0.05) is 243 Å². The molecule has 14 rings (SSSR count). The molecular formula is C73H50N2. The second kappa shape index (κ2) is 18.4. The van der Waals surface area contributed by atoms with Crippen molar-refractivity contribution in [1.82, 2.24) is 0 Å². The first kappa shape index (κ1) is 44.0. The van der Waals surface area contributed by atoms with Gasteiger partial charge in [-0.05, 0) is 138 Å². The summed E-state index contributed by atoms with van der Waals surface area (Å²) >= 11 is 0. The van der Waals surface area contributed by atoms with Gasteiger partial charge in [-0.2, -0.15) is 0 Å². The third-order valence-electron chi connectivity index (χ3n) is 15.5. The first-order chi connectivity index (χ1) is 37.2. The van der Waals surface area contributed by atoms with E-state index in [0.717, 1.165) is 39.7 Å². The van der Waals surface area contributed by atoms with Gasteiger partial charge in [0.15, 0.2) is 0 Å². The molecule has 0 aromatic heterocycles. The summed E-state index contributed by atoms with van der Waals surface area (Å²) in [6.45, 7) is 0. The fourth-order valence-electron chi connectivity index (χ4n) is 12.1. The Kier molecular flexibility index (Phi) is 10.8. The molecule has 0 radical (unpaired) electrons. The van der Waals surface area contributed by atoms with E-state index in [2.05, 4.69) is 313 Å². The number of anilines is 6. The van der Waals surface area contributed by atoms with Crippen LogP contribution in [-0.4, -0.2) is 0 Å². The topological polar surface area (TPSA) is 6.48 Å². The van der Waals surface area contributed by atoms with Gasteiger partial charge in [0.25, 0.3) is 0 Å². The number of rotatable bonds is 10. The Labute approximate surface area is 438 Å². The van der Waals surface area contributed by atoms with Crippen LogP contribution in [0.3, 0.4) is 0 Å². The Morgan fingerprint density at radius 2 is 0.693 bits per heavy atom. The molecule has 0 spiro atoms. The van der Waals surface area contributed by atoms with Crippen LogP contribution < -0.4 is 9.80 Å². The van der Waals surface area contributed by atoms with E-state index in [9.17, 15) is 0 Å². The van der Waals surface area contributed by atoms with Gasteiger partial charge < -0.3 is 9.80 Å². The average Bonchev–Trinajstić information content (AvgIpc) is 3.80. The highest BCUT2D eigenvalue weighted by molar-refractivity contribution is 6.07. The maximum Gasteiger partial charge on any atom is 0.0714 e. The van der Waals surface area contributed by atoms with Gasteiger partial charge in [-0.3, -0.25) is 0 Å². The van der Waals surface area contributed by atoms with Crippen molar-refractivity contribution in [2.45, 2.75) is 5.41 Å². The highest BCUT2D eigenvalue weighted by Gasteiger charge is 2.46. The summed E-state index contributed by atoms with van der Waals surface area (Å²) in [6, 6.07) is 111. The lowest BCUT2D eigenvalue weighted by molar-refractivity contribution is 0.768. The summed E-state index contributed by atoms with van der Waals surface area (Å²) in [5.74, 6) is 0. The summed E-state index contributed by atoms with van der Waals surface area (Å²) in [4.78, 5) is 4.87. The third kappa shape index (κ3) is 7.41. The minimum atomic E-state index is -0.526. The highest BCUT2D eigenvalue weighted by atomic mass is 15.1. The fourth-order valence-corrected chi connectivity index (χ4v) is 12.1. The van der Waals surface area contributed by atoms with Crippen LogP contribution in [0.5, 0.6) is 0 Å². The lowest BCUT2D eigenvalue weighted by atomic mass is 9.67. The minimum Gasteiger partial charge on any atom is -0.310 e. The largest absolute Gasteiger partial charge is 0.310 e. The second-order valence-electron chi connectivity index (χ2n) is 19.6. The molecule has 13 aromatic carbocycles. The number of hydrogen-bond donors (Lipinski definition) is 0. The third-order valence-corrected chi connectivity index (χ3v) is 15.5. The van der Waals surface area contributed by atoms with E-state index in [1.165, 1.54) is 82.4 Å². The van der Waals surface area contributed by atoms with E-state index in [4.69, 9.17) is 0 Å². The van der Waals surface area contributed by atoms with E-state index in [1.54, 1.807) is 0 Å². The Morgan fingerprint density at radius 3 is 1.40 bits per heavy atom. The van der Waals surface area contributed by atoms with Crippen LogP contribution in [0.4, 0.5) is 34.1 Å². The first-order valence-electron chi connectivity index (χ1n) is 25.9. The zero-order chi connectivity index (χ0) is 49.7. The second-order valence-corrected chi connectivity index (χ2v) is 19.6. The molecule has 0 atom stereocenters. The predicted octanol–water partition coefficient (Wildman–Crippen LogP) is 19.8. The molecule has 1 aliphatic carbocycles. The number of fused-ring (bicyclic) bond motifs is 6. The average molecular weight is 955 g/mol. The van der Waals surface area contributed by atoms with Crippen molar-refractivity contribution in [2.75, 3.05) is 9.80 Å². The molecule has 75 heavy (non-hydrogen) atoms. The molecule has 0 unspecified atom stereocenters. The summed E-state index contributed by atoms with van der Waals surface area (Å²) in [5.41, 5.74) is 18.4. The summed E-state index contributed by atoms with van der Waals surface area (Å²) in [6.07, 6.45) is 0. The van der Waals surface area contributed by atoms with Crippen LogP contribution in [0.15, 0.2) is 303 Å². The molecule has 1 aliphatic rings. The Hall–Kier alpha value is -9.76. The first-order valence-corrected chi connectivity index (χ1v) is 25.9. The van der Waals surface area contributed by atoms with Crippen molar-refractivity contribution in [3.05, 3.63) is 326 Å². The highest BCUT2D eigenvalue weighted by Crippen LogP contribution is 2.57. The van der Waals surface area contributed by atoms with Crippen LogP contribution in [0.1, 0.15) is 22.3 Å². The molecule has 0 bridgehead atoms. The van der Waals surface area contributed by atoms with Gasteiger partial charge in [-0.15, -0.1) is 0 Å². The number of nitrogens with zero attached hydrogens (tertiary/aromatic N) is 2. The maximum atomic E-state index is 2.47. The molecule has 13 aromatic rings. The standard InChI is InChI=1S/C73H50N2/c1-4-19-51(20-5-1)53-35-40-59(41-36-53)74(61-44-37-52-21-10-11-23-56(52)49-61)72-48-47-63(65-30-14-15-32-68(65)72)55-38-42-60(43-39-55)75(71-34-18-24-54-22-12-13-29-64(54)71)62-45-46-67-66-31-16-17-33-69(66)73(70(67)50-62,57-25-6-2-7-26-57)58-27-8-3-9-28-58/h1-50H. The van der Waals surface area contributed by atoms with Crippen LogP contribution in [0.25, 0.3) is 65.7 Å². The Bertz CT molecular complexity index is 4180. The molecule has 0 saturated carbocycles. The monoisotopic (exact) mass is 954 g/mol. The summed E-state index contributed by atoms with van der Waals surface area (Å²) < 4.78 is 0. The molecule has 352 valence electrons. The van der Waals surface area contributed by atoms with Crippen molar-refractivity contribution in [2.24, 2.45) is 0 Å². The normalized spacial score (nSPS) is 12.4. The van der Waals surface area contributed by atoms with Crippen molar-refractivity contribution in [3.8, 4) is 33.4 Å². The Balaban J connectivity index is 0.911. The summed E-state index contributed by atoms with van der Waals surface area (Å²) in [7, 11) is 0. The molecule has 0 N–H and O–H groups in total. The predicted molar refractivity (Wildman–Crippen MR) is 317 cm³/mol. The van der Waals surface area contributed by atoms with Crippen molar-refractivity contribution >= 4 is 66.4 Å². The number of benzene rings is 13. The van der Waals surface area contributed by atoms with Gasteiger partial charge >= 0.3 is 0 Å². The van der Waals surface area contributed by atoms with E-state index in [-0.39, 0.29) is 0 Å². The number of hydrogen-bond acceptors (Lipinski definition) is 2.